The fourth-order valence-electron chi connectivity index (χ4n) is 1.80. The number of ketones is 1. The Morgan fingerprint density at radius 2 is 1.57 bits per heavy atom. The SMILES string of the molecule is CSc1ccc(C(=O)c2ccc(C(F)(F)F)c(F)c2)cc1. The Morgan fingerprint density at radius 1 is 1.00 bits per heavy atom. The number of benzene rings is 2. The third-order valence-corrected chi connectivity index (χ3v) is 3.63. The van der Waals surface area contributed by atoms with Crippen molar-refractivity contribution in [3.05, 3.63) is 65.0 Å². The second-order valence-electron chi connectivity index (χ2n) is 4.25. The molecule has 1 nitrogen and oxygen atoms in total. The molecule has 0 aliphatic carbocycles. The van der Waals surface area contributed by atoms with Gasteiger partial charge < -0.3 is 0 Å². The van der Waals surface area contributed by atoms with Crippen molar-refractivity contribution in [3.8, 4) is 0 Å². The molecule has 0 bridgehead atoms. The minimum absolute atomic E-state index is 0.114. The highest BCUT2D eigenvalue weighted by Gasteiger charge is 2.34. The molecule has 21 heavy (non-hydrogen) atoms. The first-order chi connectivity index (χ1) is 9.82. The van der Waals surface area contributed by atoms with Crippen LogP contribution in [0.3, 0.4) is 0 Å². The Kier molecular flexibility index (Phi) is 4.37. The normalized spacial score (nSPS) is 11.5. The van der Waals surface area contributed by atoms with Crippen LogP contribution in [-0.2, 0) is 6.18 Å². The van der Waals surface area contributed by atoms with Crippen molar-refractivity contribution >= 4 is 17.5 Å². The van der Waals surface area contributed by atoms with E-state index in [1.54, 1.807) is 24.3 Å². The minimum Gasteiger partial charge on any atom is -0.289 e. The Labute approximate surface area is 123 Å². The van der Waals surface area contributed by atoms with Crippen molar-refractivity contribution in [3.63, 3.8) is 0 Å². The summed E-state index contributed by atoms with van der Waals surface area (Å²) in [6.45, 7) is 0. The number of thioether (sulfide) groups is 1. The van der Waals surface area contributed by atoms with Crippen LogP contribution in [0, 0.1) is 5.82 Å². The van der Waals surface area contributed by atoms with Crippen LogP contribution in [0.1, 0.15) is 21.5 Å². The lowest BCUT2D eigenvalue weighted by atomic mass is 10.0. The van der Waals surface area contributed by atoms with Gasteiger partial charge in [0.2, 0.25) is 0 Å². The Morgan fingerprint density at radius 3 is 2.05 bits per heavy atom. The van der Waals surface area contributed by atoms with E-state index in [0.717, 1.165) is 11.0 Å². The molecule has 2 aromatic carbocycles. The van der Waals surface area contributed by atoms with Gasteiger partial charge in [0.15, 0.2) is 5.78 Å². The van der Waals surface area contributed by atoms with Crippen molar-refractivity contribution in [2.45, 2.75) is 11.1 Å². The maximum Gasteiger partial charge on any atom is 0.419 e. The minimum atomic E-state index is -4.77. The number of rotatable bonds is 3. The molecule has 0 unspecified atom stereocenters. The molecule has 0 saturated carbocycles. The summed E-state index contributed by atoms with van der Waals surface area (Å²) in [5.41, 5.74) is -1.19. The molecule has 0 aliphatic heterocycles. The maximum absolute atomic E-state index is 13.5. The number of carbonyl (C=O) groups is 1. The van der Waals surface area contributed by atoms with Crippen LogP contribution in [0.2, 0.25) is 0 Å². The highest BCUT2D eigenvalue weighted by atomic mass is 32.2. The molecule has 110 valence electrons. The Hall–Kier alpha value is -1.82. The lowest BCUT2D eigenvalue weighted by Gasteiger charge is -2.09. The molecule has 2 rings (SSSR count). The van der Waals surface area contributed by atoms with Crippen LogP contribution in [0.15, 0.2) is 47.4 Å². The molecule has 0 fully saturated rings. The quantitative estimate of drug-likeness (QED) is 0.460. The van der Waals surface area contributed by atoms with E-state index >= 15 is 0 Å². The molecule has 0 N–H and O–H groups in total. The van der Waals surface area contributed by atoms with E-state index in [0.29, 0.717) is 17.7 Å². The topological polar surface area (TPSA) is 17.1 Å². The summed E-state index contributed by atoms with van der Waals surface area (Å²) in [6, 6.07) is 8.74. The summed E-state index contributed by atoms with van der Waals surface area (Å²) in [5.74, 6) is -1.97. The summed E-state index contributed by atoms with van der Waals surface area (Å²) in [5, 5.41) is 0. The third-order valence-electron chi connectivity index (χ3n) is 2.89. The van der Waals surface area contributed by atoms with Crippen LogP contribution < -0.4 is 0 Å². The molecule has 2 aromatic rings. The molecule has 0 spiro atoms. The smallest absolute Gasteiger partial charge is 0.289 e. The lowest BCUT2D eigenvalue weighted by molar-refractivity contribution is -0.140. The van der Waals surface area contributed by atoms with Crippen molar-refractivity contribution < 1.29 is 22.4 Å². The molecule has 0 saturated heterocycles. The molecule has 0 atom stereocenters. The number of alkyl halides is 3. The second-order valence-corrected chi connectivity index (χ2v) is 5.13. The third kappa shape index (κ3) is 3.44. The summed E-state index contributed by atoms with van der Waals surface area (Å²) < 4.78 is 50.8. The van der Waals surface area contributed by atoms with E-state index in [1.807, 2.05) is 6.26 Å². The van der Waals surface area contributed by atoms with Crippen LogP contribution in [0.4, 0.5) is 17.6 Å². The maximum atomic E-state index is 13.5. The molecular formula is C15H10F4OS. The first-order valence-electron chi connectivity index (χ1n) is 5.88. The predicted octanol–water partition coefficient (Wildman–Crippen LogP) is 4.80. The zero-order chi connectivity index (χ0) is 15.6. The molecule has 0 aliphatic rings. The Balaban J connectivity index is 2.33. The van der Waals surface area contributed by atoms with Crippen LogP contribution >= 0.6 is 11.8 Å². The van der Waals surface area contributed by atoms with Crippen LogP contribution in [0.5, 0.6) is 0 Å². The summed E-state index contributed by atoms with van der Waals surface area (Å²) >= 11 is 1.50. The van der Waals surface area contributed by atoms with Gasteiger partial charge in [-0.25, -0.2) is 4.39 Å². The zero-order valence-corrected chi connectivity index (χ0v) is 11.7. The van der Waals surface area contributed by atoms with E-state index in [2.05, 4.69) is 0 Å². The zero-order valence-electron chi connectivity index (χ0n) is 10.9. The van der Waals surface area contributed by atoms with Crippen LogP contribution in [-0.4, -0.2) is 12.0 Å². The number of hydrogen-bond acceptors (Lipinski definition) is 2. The second kappa shape index (κ2) is 5.89. The van der Waals surface area contributed by atoms with Crippen LogP contribution in [0.25, 0.3) is 0 Å². The fourth-order valence-corrected chi connectivity index (χ4v) is 2.20. The molecule has 0 heterocycles. The standard InChI is InChI=1S/C15H10F4OS/c1-21-11-5-2-9(3-6-11)14(20)10-4-7-12(13(16)8-10)15(17,18)19/h2-8H,1H3. The van der Waals surface area contributed by atoms with Gasteiger partial charge >= 0.3 is 6.18 Å². The highest BCUT2D eigenvalue weighted by molar-refractivity contribution is 7.98. The van der Waals surface area contributed by atoms with Gasteiger partial charge in [-0.1, -0.05) is 6.07 Å². The van der Waals surface area contributed by atoms with Gasteiger partial charge in [0, 0.05) is 16.0 Å². The van der Waals surface area contributed by atoms with Gasteiger partial charge in [0.05, 0.1) is 5.56 Å². The van der Waals surface area contributed by atoms with Crippen molar-refractivity contribution in [1.29, 1.82) is 0 Å². The number of halogens is 4. The van der Waals surface area contributed by atoms with E-state index in [9.17, 15) is 22.4 Å². The lowest BCUT2D eigenvalue weighted by Crippen LogP contribution is -2.10. The number of carbonyl (C=O) groups excluding carboxylic acids is 1. The summed E-state index contributed by atoms with van der Waals surface area (Å²) in [7, 11) is 0. The monoisotopic (exact) mass is 314 g/mol. The van der Waals surface area contributed by atoms with Crippen molar-refractivity contribution in [2.75, 3.05) is 6.26 Å². The molecule has 0 radical (unpaired) electrons. The van der Waals surface area contributed by atoms with Gasteiger partial charge in [-0.3, -0.25) is 4.79 Å². The average Bonchev–Trinajstić information content (AvgIpc) is 2.45. The Bertz CT molecular complexity index is 662. The predicted molar refractivity (Wildman–Crippen MR) is 73.1 cm³/mol. The van der Waals surface area contributed by atoms with Gasteiger partial charge in [-0.2, -0.15) is 13.2 Å². The molecule has 6 heteroatoms. The largest absolute Gasteiger partial charge is 0.419 e. The van der Waals surface area contributed by atoms with Gasteiger partial charge in [-0.15, -0.1) is 11.8 Å². The van der Waals surface area contributed by atoms with E-state index in [1.165, 1.54) is 11.8 Å². The van der Waals surface area contributed by atoms with Crippen molar-refractivity contribution in [1.82, 2.24) is 0 Å². The summed E-state index contributed by atoms with van der Waals surface area (Å²) in [6.07, 6.45) is -2.90. The van der Waals surface area contributed by atoms with E-state index < -0.39 is 23.3 Å². The van der Waals surface area contributed by atoms with Crippen molar-refractivity contribution in [2.24, 2.45) is 0 Å². The summed E-state index contributed by atoms with van der Waals surface area (Å²) in [4.78, 5) is 13.1. The molecular weight excluding hydrogens is 304 g/mol. The van der Waals surface area contributed by atoms with E-state index in [-0.39, 0.29) is 5.56 Å². The van der Waals surface area contributed by atoms with Gasteiger partial charge in [0.1, 0.15) is 5.82 Å². The molecule has 0 aromatic heterocycles. The molecule has 0 amide bonds. The first kappa shape index (κ1) is 15.6. The van der Waals surface area contributed by atoms with Gasteiger partial charge in [-0.05, 0) is 42.7 Å². The average molecular weight is 314 g/mol. The fraction of sp³-hybridized carbons (Fsp3) is 0.133. The van der Waals surface area contributed by atoms with E-state index in [4.69, 9.17) is 0 Å². The number of hydrogen-bond donors (Lipinski definition) is 0. The van der Waals surface area contributed by atoms with Gasteiger partial charge in [0.25, 0.3) is 0 Å². The highest BCUT2D eigenvalue weighted by Crippen LogP contribution is 2.31. The first-order valence-corrected chi connectivity index (χ1v) is 7.11.